The van der Waals surface area contributed by atoms with Crippen molar-refractivity contribution in [3.8, 4) is 0 Å². The monoisotopic (exact) mass is 378 g/mol. The first kappa shape index (κ1) is 18.7. The van der Waals surface area contributed by atoms with E-state index in [0.29, 0.717) is 25.4 Å². The molecular formula is C18H23FN4O2S. The number of anilines is 1. The first-order chi connectivity index (χ1) is 12.7. The first-order valence-electron chi connectivity index (χ1n) is 8.77. The van der Waals surface area contributed by atoms with Gasteiger partial charge in [-0.2, -0.15) is 4.37 Å². The van der Waals surface area contributed by atoms with Crippen LogP contribution >= 0.6 is 11.5 Å². The van der Waals surface area contributed by atoms with Crippen LogP contribution in [-0.4, -0.2) is 48.1 Å². The molecule has 2 aromatic rings. The lowest BCUT2D eigenvalue weighted by Crippen LogP contribution is -2.43. The van der Waals surface area contributed by atoms with Crippen molar-refractivity contribution in [2.75, 3.05) is 31.7 Å². The van der Waals surface area contributed by atoms with Crippen LogP contribution in [0, 0.1) is 5.82 Å². The Labute approximate surface area is 156 Å². The Hall–Kier alpha value is -2.06. The third kappa shape index (κ3) is 4.76. The Kier molecular flexibility index (Phi) is 6.51. The summed E-state index contributed by atoms with van der Waals surface area (Å²) in [6.07, 6.45) is 3.14. The average molecular weight is 378 g/mol. The van der Waals surface area contributed by atoms with Crippen LogP contribution in [0.5, 0.6) is 0 Å². The summed E-state index contributed by atoms with van der Waals surface area (Å²) < 4.78 is 22.4. The Morgan fingerprint density at radius 2 is 2.23 bits per heavy atom. The third-order valence-corrected chi connectivity index (χ3v) is 5.15. The normalized spacial score (nSPS) is 16.8. The van der Waals surface area contributed by atoms with Crippen LogP contribution in [0.15, 0.2) is 24.3 Å². The van der Waals surface area contributed by atoms with Gasteiger partial charge in [0.15, 0.2) is 0 Å². The van der Waals surface area contributed by atoms with Crippen molar-refractivity contribution >= 4 is 22.6 Å². The van der Waals surface area contributed by atoms with Crippen LogP contribution in [0.2, 0.25) is 0 Å². The summed E-state index contributed by atoms with van der Waals surface area (Å²) >= 11 is 1.31. The molecule has 0 radical (unpaired) electrons. The molecule has 1 aromatic heterocycles. The highest BCUT2D eigenvalue weighted by molar-refractivity contribution is 7.09. The maximum Gasteiger partial charge on any atom is 0.242 e. The van der Waals surface area contributed by atoms with Gasteiger partial charge in [-0.25, -0.2) is 9.37 Å². The first-order valence-corrected chi connectivity index (χ1v) is 9.55. The van der Waals surface area contributed by atoms with E-state index in [2.05, 4.69) is 14.7 Å². The number of aromatic nitrogens is 2. The molecule has 1 aliphatic rings. The van der Waals surface area contributed by atoms with Crippen molar-refractivity contribution < 1.29 is 13.9 Å². The van der Waals surface area contributed by atoms with Crippen molar-refractivity contribution in [3.63, 3.8) is 0 Å². The van der Waals surface area contributed by atoms with E-state index >= 15 is 0 Å². The molecule has 3 rings (SSSR count). The molecular weight excluding hydrogens is 355 g/mol. The third-order valence-electron chi connectivity index (χ3n) is 4.36. The summed E-state index contributed by atoms with van der Waals surface area (Å²) in [5, 5.41) is 3.75. The molecule has 1 saturated heterocycles. The number of hydrogen-bond acceptors (Lipinski definition) is 6. The van der Waals surface area contributed by atoms with Gasteiger partial charge in [-0.05, 0) is 37.0 Å². The summed E-state index contributed by atoms with van der Waals surface area (Å²) in [4.78, 5) is 19.1. The highest BCUT2D eigenvalue weighted by Crippen LogP contribution is 2.27. The number of methoxy groups -OCH3 is 1. The molecule has 2 heterocycles. The molecule has 0 unspecified atom stereocenters. The Morgan fingerprint density at radius 1 is 1.42 bits per heavy atom. The highest BCUT2D eigenvalue weighted by Gasteiger charge is 2.32. The minimum atomic E-state index is -0.253. The molecule has 0 aliphatic carbocycles. The Morgan fingerprint density at radius 3 is 3.00 bits per heavy atom. The molecule has 1 amide bonds. The number of rotatable bonds is 8. The van der Waals surface area contributed by atoms with E-state index in [1.54, 1.807) is 19.2 Å². The smallest absolute Gasteiger partial charge is 0.242 e. The lowest BCUT2D eigenvalue weighted by molar-refractivity contribution is -0.122. The molecule has 26 heavy (non-hydrogen) atoms. The van der Waals surface area contributed by atoms with Crippen molar-refractivity contribution in [1.82, 2.24) is 14.7 Å². The number of nitrogens with zero attached hydrogens (tertiary/aromatic N) is 3. The highest BCUT2D eigenvalue weighted by atomic mass is 32.1. The number of halogens is 1. The number of benzene rings is 1. The maximum atomic E-state index is 13.0. The van der Waals surface area contributed by atoms with Crippen molar-refractivity contribution in [3.05, 3.63) is 41.5 Å². The van der Waals surface area contributed by atoms with Gasteiger partial charge in [0.2, 0.25) is 11.0 Å². The van der Waals surface area contributed by atoms with Crippen LogP contribution in [0.4, 0.5) is 9.52 Å². The van der Waals surface area contributed by atoms with Gasteiger partial charge in [-0.15, -0.1) is 0 Å². The number of carbonyl (C=O) groups is 1. The summed E-state index contributed by atoms with van der Waals surface area (Å²) in [5.74, 6) is 0.480. The summed E-state index contributed by atoms with van der Waals surface area (Å²) in [5.41, 5.74) is 0.963. The second-order valence-electron chi connectivity index (χ2n) is 6.29. The number of nitrogens with one attached hydrogen (secondary N) is 1. The van der Waals surface area contributed by atoms with E-state index < -0.39 is 0 Å². The van der Waals surface area contributed by atoms with Crippen LogP contribution in [0.1, 0.15) is 30.7 Å². The predicted octanol–water partition coefficient (Wildman–Crippen LogP) is 2.39. The van der Waals surface area contributed by atoms with Crippen molar-refractivity contribution in [2.24, 2.45) is 0 Å². The second kappa shape index (κ2) is 9.05. The molecule has 8 heteroatoms. The SMILES string of the molecule is COCCCNC(=O)[C@H]1CCCN1c1nc(Cc2ccc(F)cc2)ns1. The molecule has 1 aliphatic heterocycles. The fourth-order valence-electron chi connectivity index (χ4n) is 3.03. The molecule has 1 aromatic carbocycles. The molecule has 1 atom stereocenters. The predicted molar refractivity (Wildman–Crippen MR) is 99.0 cm³/mol. The zero-order chi connectivity index (χ0) is 18.4. The van der Waals surface area contributed by atoms with Gasteiger partial charge in [-0.1, -0.05) is 12.1 Å². The molecule has 6 nitrogen and oxygen atoms in total. The van der Waals surface area contributed by atoms with Crippen molar-refractivity contribution in [1.29, 1.82) is 0 Å². The number of hydrogen-bond donors (Lipinski definition) is 1. The minimum absolute atomic E-state index is 0.0360. The molecule has 1 fully saturated rings. The lowest BCUT2D eigenvalue weighted by atomic mass is 10.1. The fourth-order valence-corrected chi connectivity index (χ4v) is 3.79. The Balaban J connectivity index is 1.60. The van der Waals surface area contributed by atoms with E-state index in [0.717, 1.165) is 36.5 Å². The Bertz CT molecular complexity index is 722. The van der Waals surface area contributed by atoms with E-state index in [4.69, 9.17) is 4.74 Å². The summed E-state index contributed by atoms with van der Waals surface area (Å²) in [7, 11) is 1.65. The largest absolute Gasteiger partial charge is 0.385 e. The van der Waals surface area contributed by atoms with Gasteiger partial charge in [0.1, 0.15) is 17.7 Å². The minimum Gasteiger partial charge on any atom is -0.385 e. The zero-order valence-electron chi connectivity index (χ0n) is 14.8. The second-order valence-corrected chi connectivity index (χ2v) is 7.02. The number of carbonyl (C=O) groups excluding carboxylic acids is 1. The summed E-state index contributed by atoms with van der Waals surface area (Å²) in [6.45, 7) is 2.06. The van der Waals surface area contributed by atoms with Gasteiger partial charge in [-0.3, -0.25) is 4.79 Å². The van der Waals surface area contributed by atoms with Gasteiger partial charge >= 0.3 is 0 Å². The molecule has 0 bridgehead atoms. The quantitative estimate of drug-likeness (QED) is 0.715. The number of ether oxygens (including phenoxy) is 1. The molecule has 0 saturated carbocycles. The van der Waals surface area contributed by atoms with Crippen LogP contribution < -0.4 is 10.2 Å². The van der Waals surface area contributed by atoms with Gasteiger partial charge in [0, 0.05) is 44.8 Å². The maximum absolute atomic E-state index is 13.0. The van der Waals surface area contributed by atoms with E-state index in [-0.39, 0.29) is 17.8 Å². The molecule has 1 N–H and O–H groups in total. The zero-order valence-corrected chi connectivity index (χ0v) is 15.6. The van der Waals surface area contributed by atoms with Crippen LogP contribution in [0.3, 0.4) is 0 Å². The van der Waals surface area contributed by atoms with Crippen LogP contribution in [0.25, 0.3) is 0 Å². The average Bonchev–Trinajstić information content (AvgIpc) is 3.29. The lowest BCUT2D eigenvalue weighted by Gasteiger charge is -2.22. The molecule has 140 valence electrons. The topological polar surface area (TPSA) is 67.3 Å². The number of amides is 1. The van der Waals surface area contributed by atoms with Gasteiger partial charge < -0.3 is 15.0 Å². The van der Waals surface area contributed by atoms with Gasteiger partial charge in [0.05, 0.1) is 0 Å². The van der Waals surface area contributed by atoms with E-state index in [9.17, 15) is 9.18 Å². The standard InChI is InChI=1S/C18H23FN4O2S/c1-25-11-3-9-20-17(24)15-4-2-10-23(15)18-21-16(22-26-18)12-13-5-7-14(19)8-6-13/h5-8,15H,2-4,9-12H2,1H3,(H,20,24)/t15-/m1/s1. The van der Waals surface area contributed by atoms with Crippen LogP contribution in [-0.2, 0) is 16.0 Å². The van der Waals surface area contributed by atoms with Gasteiger partial charge in [0.25, 0.3) is 0 Å². The van der Waals surface area contributed by atoms with E-state index in [1.165, 1.54) is 23.7 Å². The fraction of sp³-hybridized carbons (Fsp3) is 0.500. The summed E-state index contributed by atoms with van der Waals surface area (Å²) in [6, 6.07) is 6.16. The molecule has 0 spiro atoms. The van der Waals surface area contributed by atoms with Crippen molar-refractivity contribution in [2.45, 2.75) is 31.7 Å². The van der Waals surface area contributed by atoms with E-state index in [1.807, 2.05) is 4.90 Å².